The molecule has 0 aliphatic rings. The van der Waals surface area contributed by atoms with Gasteiger partial charge in [-0.3, -0.25) is 0 Å². The van der Waals surface area contributed by atoms with Crippen LogP contribution >= 0.6 is 7.81 Å². The second kappa shape index (κ2) is 8.52. The Labute approximate surface area is 198 Å². The minimum absolute atomic E-state index is 0.876. The zero-order chi connectivity index (χ0) is 25.3. The normalized spacial score (nSPS) is 13.9. The van der Waals surface area contributed by atoms with Gasteiger partial charge in [0.2, 0.25) is 6.33 Å². The number of halogens is 6. The molecule has 0 saturated carbocycles. The zero-order valence-electron chi connectivity index (χ0n) is 19.0. The van der Waals surface area contributed by atoms with E-state index in [-0.39, 0.29) is 0 Å². The first-order chi connectivity index (χ1) is 16.3. The van der Waals surface area contributed by atoms with Gasteiger partial charge in [0.25, 0.3) is 0 Å². The van der Waals surface area contributed by atoms with E-state index in [4.69, 9.17) is 0 Å². The van der Waals surface area contributed by atoms with Gasteiger partial charge in [-0.1, -0.05) is 74.0 Å². The van der Waals surface area contributed by atoms with Gasteiger partial charge in [0.1, 0.15) is 6.54 Å². The van der Waals surface area contributed by atoms with E-state index < -0.39 is 7.81 Å². The van der Waals surface area contributed by atoms with Crippen LogP contribution in [0.2, 0.25) is 0 Å². The fourth-order valence-electron chi connectivity index (χ4n) is 4.32. The predicted octanol–water partition coefficient (Wildman–Crippen LogP) is 9.47. The van der Waals surface area contributed by atoms with E-state index in [0.29, 0.717) is 0 Å². The van der Waals surface area contributed by atoms with E-state index in [9.17, 15) is 25.2 Å². The van der Waals surface area contributed by atoms with Gasteiger partial charge < -0.3 is 0 Å². The number of imidazole rings is 1. The van der Waals surface area contributed by atoms with Gasteiger partial charge in [-0.2, -0.15) is 0 Å². The van der Waals surface area contributed by atoms with Crippen molar-refractivity contribution in [2.24, 2.45) is 0 Å². The fourth-order valence-corrected chi connectivity index (χ4v) is 4.32. The van der Waals surface area contributed by atoms with E-state index in [1.165, 1.54) is 51.0 Å². The monoisotopic (exact) mass is 510 g/mol. The molecule has 0 saturated heterocycles. The second-order valence-electron chi connectivity index (χ2n) is 8.53. The molecule has 186 valence electrons. The Morgan fingerprint density at radius 3 is 1.83 bits per heavy atom. The third kappa shape index (κ3) is 6.73. The van der Waals surface area contributed by atoms with E-state index >= 15 is 0 Å². The zero-order valence-corrected chi connectivity index (χ0v) is 19.9. The quantitative estimate of drug-likeness (QED) is 0.0964. The SMILES string of the molecule is CCCCn1c[n+](Cc2c3ccccc3cc3ccccc23)c2ccccc21.F[P-](F)(F)(F)(F)F. The molecule has 2 nitrogen and oxygen atoms in total. The summed E-state index contributed by atoms with van der Waals surface area (Å²) >= 11 is 0. The molecule has 0 spiro atoms. The van der Waals surface area contributed by atoms with Crippen LogP contribution in [0.5, 0.6) is 0 Å². The van der Waals surface area contributed by atoms with Crippen molar-refractivity contribution in [2.75, 3.05) is 0 Å². The molecular weight excluding hydrogens is 485 g/mol. The van der Waals surface area contributed by atoms with E-state index in [1.807, 2.05) is 0 Å². The molecule has 0 radical (unpaired) electrons. The van der Waals surface area contributed by atoms with Crippen LogP contribution in [0.4, 0.5) is 25.2 Å². The molecule has 0 aliphatic heterocycles. The number of rotatable bonds is 5. The molecule has 9 heteroatoms. The van der Waals surface area contributed by atoms with Gasteiger partial charge in [-0.25, -0.2) is 9.13 Å². The average Bonchev–Trinajstić information content (AvgIpc) is 3.13. The molecule has 0 unspecified atom stereocenters. The van der Waals surface area contributed by atoms with Crippen LogP contribution in [0.15, 0.2) is 85.2 Å². The van der Waals surface area contributed by atoms with Crippen LogP contribution in [0.1, 0.15) is 25.3 Å². The van der Waals surface area contributed by atoms with Crippen molar-refractivity contribution >= 4 is 40.4 Å². The summed E-state index contributed by atoms with van der Waals surface area (Å²) in [5, 5.41) is 5.32. The molecular formula is C26H25F6N2P. The van der Waals surface area contributed by atoms with E-state index in [0.717, 1.165) is 13.1 Å². The summed E-state index contributed by atoms with van der Waals surface area (Å²) in [6.45, 7) is 4.20. The van der Waals surface area contributed by atoms with Gasteiger partial charge in [0.15, 0.2) is 11.0 Å². The molecule has 1 aromatic heterocycles. The maximum atomic E-state index is 9.87. The summed E-state index contributed by atoms with van der Waals surface area (Å²) in [4.78, 5) is 0. The van der Waals surface area contributed by atoms with Crippen molar-refractivity contribution in [3.05, 3.63) is 90.8 Å². The topological polar surface area (TPSA) is 8.81 Å². The van der Waals surface area contributed by atoms with Crippen molar-refractivity contribution in [2.45, 2.75) is 32.9 Å². The molecule has 1 heterocycles. The number of benzene rings is 4. The van der Waals surface area contributed by atoms with Crippen LogP contribution in [0.25, 0.3) is 32.6 Å². The van der Waals surface area contributed by atoms with Gasteiger partial charge in [0.05, 0.1) is 6.54 Å². The number of aromatic nitrogens is 2. The minimum atomic E-state index is -10.7. The summed E-state index contributed by atoms with van der Waals surface area (Å²) < 4.78 is 64.0. The van der Waals surface area contributed by atoms with Gasteiger partial charge >= 0.3 is 33.0 Å². The molecule has 35 heavy (non-hydrogen) atoms. The van der Waals surface area contributed by atoms with Crippen LogP contribution in [-0.2, 0) is 13.1 Å². The Kier molecular flexibility index (Phi) is 6.08. The molecule has 0 amide bonds. The van der Waals surface area contributed by atoms with Gasteiger partial charge in [-0.15, -0.1) is 0 Å². The molecule has 5 rings (SSSR count). The van der Waals surface area contributed by atoms with Crippen molar-refractivity contribution < 1.29 is 29.7 Å². The van der Waals surface area contributed by atoms with Crippen LogP contribution in [-0.4, -0.2) is 4.57 Å². The molecule has 0 N–H and O–H groups in total. The first kappa shape index (κ1) is 25.0. The maximum absolute atomic E-state index is 10.7. The number of aryl methyl sites for hydroxylation is 1. The summed E-state index contributed by atoms with van der Waals surface area (Å²) in [6, 6.07) is 28.6. The third-order valence-corrected chi connectivity index (χ3v) is 5.74. The number of hydrogen-bond donors (Lipinski definition) is 0. The van der Waals surface area contributed by atoms with Crippen molar-refractivity contribution in [3.63, 3.8) is 0 Å². The first-order valence-corrected chi connectivity index (χ1v) is 13.3. The van der Waals surface area contributed by atoms with Crippen LogP contribution < -0.4 is 4.57 Å². The molecule has 0 aliphatic carbocycles. The Balaban J connectivity index is 0.000000364. The molecule has 5 aromatic rings. The van der Waals surface area contributed by atoms with Crippen LogP contribution in [0.3, 0.4) is 0 Å². The summed E-state index contributed by atoms with van der Waals surface area (Å²) in [5.74, 6) is 0. The summed E-state index contributed by atoms with van der Waals surface area (Å²) in [7, 11) is -10.7. The standard InChI is InChI=1S/C26H25N2.F6P/c1-2-3-16-27-19-28(26-15-9-8-14-25(26)27)18-24-22-12-6-4-10-20(22)17-21-11-5-7-13-23(21)24;1-7(2,3,4,5)6/h4-15,17,19H,2-3,16,18H2,1H3;/q+1;-1. The van der Waals surface area contributed by atoms with Crippen molar-refractivity contribution in [1.82, 2.24) is 4.57 Å². The van der Waals surface area contributed by atoms with E-state index in [1.54, 1.807) is 0 Å². The van der Waals surface area contributed by atoms with Gasteiger partial charge in [0, 0.05) is 5.56 Å². The van der Waals surface area contributed by atoms with Crippen molar-refractivity contribution in [1.29, 1.82) is 0 Å². The molecule has 0 fully saturated rings. The predicted molar refractivity (Wildman–Crippen MR) is 131 cm³/mol. The molecule has 4 aromatic carbocycles. The molecule has 0 bridgehead atoms. The summed E-state index contributed by atoms with van der Waals surface area (Å²) in [5.41, 5.74) is 4.02. The van der Waals surface area contributed by atoms with Gasteiger partial charge in [-0.05, 0) is 46.2 Å². The summed E-state index contributed by atoms with van der Waals surface area (Å²) in [6.07, 6.45) is 4.72. The number of hydrogen-bond acceptors (Lipinski definition) is 0. The second-order valence-corrected chi connectivity index (χ2v) is 10.5. The number of para-hydroxylation sites is 2. The Hall–Kier alpha value is -3.12. The number of nitrogens with zero attached hydrogens (tertiary/aromatic N) is 2. The Morgan fingerprint density at radius 2 is 1.26 bits per heavy atom. The van der Waals surface area contributed by atoms with Crippen molar-refractivity contribution in [3.8, 4) is 0 Å². The Morgan fingerprint density at radius 1 is 0.743 bits per heavy atom. The molecule has 0 atom stereocenters. The third-order valence-electron chi connectivity index (χ3n) is 5.74. The number of unbranched alkanes of at least 4 members (excludes halogenated alkanes) is 1. The van der Waals surface area contributed by atoms with Crippen LogP contribution in [0, 0.1) is 0 Å². The number of fused-ring (bicyclic) bond motifs is 3. The van der Waals surface area contributed by atoms with E-state index in [2.05, 4.69) is 101 Å². The first-order valence-electron chi connectivity index (χ1n) is 11.2. The Bertz CT molecular complexity index is 1440. The fraction of sp³-hybridized carbons (Fsp3) is 0.192. The average molecular weight is 510 g/mol.